The maximum atomic E-state index is 13.3. The lowest BCUT2D eigenvalue weighted by Gasteiger charge is -2.36. The van der Waals surface area contributed by atoms with Crippen molar-refractivity contribution in [1.29, 1.82) is 0 Å². The van der Waals surface area contributed by atoms with Gasteiger partial charge in [0.25, 0.3) is 11.8 Å². The van der Waals surface area contributed by atoms with Gasteiger partial charge < -0.3 is 15.0 Å². The first kappa shape index (κ1) is 29.2. The van der Waals surface area contributed by atoms with Gasteiger partial charge in [0.05, 0.1) is 23.2 Å². The third-order valence-corrected chi connectivity index (χ3v) is 7.35. The van der Waals surface area contributed by atoms with Crippen LogP contribution < -0.4 is 10.7 Å². The van der Waals surface area contributed by atoms with Crippen LogP contribution in [0.4, 0.5) is 0 Å². The predicted molar refractivity (Wildman–Crippen MR) is 151 cm³/mol. The van der Waals surface area contributed by atoms with E-state index in [1.165, 1.54) is 5.01 Å². The summed E-state index contributed by atoms with van der Waals surface area (Å²) in [5.74, 6) is -1.93. The summed E-state index contributed by atoms with van der Waals surface area (Å²) in [6.07, 6.45) is 3.71. The lowest BCUT2D eigenvalue weighted by molar-refractivity contribution is -0.165. The number of pyridine rings is 1. The number of benzene rings is 1. The Morgan fingerprint density at radius 3 is 2.52 bits per heavy atom. The molecule has 3 heterocycles. The molecule has 2 aliphatic rings. The van der Waals surface area contributed by atoms with Crippen molar-refractivity contribution in [2.24, 2.45) is 11.3 Å². The number of hydrogen-bond donors (Lipinski definition) is 2. The number of likely N-dealkylation sites (N-methyl/N-ethyl adjacent to an activating group) is 1. The Morgan fingerprint density at radius 2 is 1.80 bits per heavy atom. The highest BCUT2D eigenvalue weighted by Gasteiger charge is 2.36. The van der Waals surface area contributed by atoms with Crippen molar-refractivity contribution in [3.63, 3.8) is 0 Å². The second-order valence-corrected chi connectivity index (χ2v) is 11.6. The summed E-state index contributed by atoms with van der Waals surface area (Å²) >= 11 is 0. The Bertz CT molecular complexity index is 1340. The van der Waals surface area contributed by atoms with Crippen LogP contribution >= 0.6 is 0 Å². The molecular formula is C30H39N5O5. The molecular weight excluding hydrogens is 510 g/mol. The Hall–Kier alpha value is -3.79. The molecule has 10 heteroatoms. The average molecular weight is 550 g/mol. The van der Waals surface area contributed by atoms with Crippen molar-refractivity contribution in [2.75, 3.05) is 13.6 Å². The van der Waals surface area contributed by atoms with Gasteiger partial charge in [-0.2, -0.15) is 0 Å². The number of fused-ring (bicyclic) bond motifs is 4. The summed E-state index contributed by atoms with van der Waals surface area (Å²) in [6.45, 7) is 9.31. The number of hydrazine groups is 1. The molecule has 3 amide bonds. The van der Waals surface area contributed by atoms with E-state index in [4.69, 9.17) is 9.72 Å². The molecule has 4 rings (SSSR count). The smallest absolute Gasteiger partial charge is 0.316 e. The summed E-state index contributed by atoms with van der Waals surface area (Å²) in [7, 11) is 1.72. The fraction of sp³-hybridized carbons (Fsp3) is 0.500. The molecule has 40 heavy (non-hydrogen) atoms. The van der Waals surface area contributed by atoms with Gasteiger partial charge in [-0.25, -0.2) is 5.43 Å². The molecule has 1 aromatic carbocycles. The molecule has 2 aliphatic heterocycles. The molecule has 1 aromatic heterocycles. The van der Waals surface area contributed by atoms with Crippen LogP contribution in [-0.4, -0.2) is 70.4 Å². The van der Waals surface area contributed by atoms with E-state index < -0.39 is 35.5 Å². The number of hydrogen-bond acceptors (Lipinski definition) is 7. The predicted octanol–water partition coefficient (Wildman–Crippen LogP) is 2.81. The van der Waals surface area contributed by atoms with Crippen molar-refractivity contribution in [3.05, 3.63) is 47.7 Å². The quantitative estimate of drug-likeness (QED) is 0.525. The van der Waals surface area contributed by atoms with Gasteiger partial charge in [-0.05, 0) is 57.2 Å². The molecule has 0 aliphatic carbocycles. The van der Waals surface area contributed by atoms with Gasteiger partial charge in [0, 0.05) is 19.0 Å². The number of rotatable bonds is 1. The molecule has 0 unspecified atom stereocenters. The van der Waals surface area contributed by atoms with E-state index in [-0.39, 0.29) is 17.7 Å². The van der Waals surface area contributed by atoms with E-state index >= 15 is 0 Å². The van der Waals surface area contributed by atoms with Crippen molar-refractivity contribution in [3.8, 4) is 0 Å². The topological polar surface area (TPSA) is 121 Å². The molecule has 0 saturated carbocycles. The number of aromatic nitrogens is 1. The number of carbonyl (C=O) groups is 4. The molecule has 0 spiro atoms. The molecule has 2 N–H and O–H groups in total. The SMILES string of the molecule is CC(C)[C@@H]1OC(=O)C(C)(C)/C=C/c2ccc3ccc(nc3c2)CN(C)C(=O)[C@@H]2CCCN(N2)C(=O)[C@H](C)NC1=O. The molecule has 1 fully saturated rings. The fourth-order valence-corrected chi connectivity index (χ4v) is 4.80. The van der Waals surface area contributed by atoms with Gasteiger partial charge in [-0.3, -0.25) is 29.2 Å². The molecule has 1 saturated heterocycles. The number of carbonyl (C=O) groups excluding carboxylic acids is 4. The van der Waals surface area contributed by atoms with Crippen LogP contribution in [0, 0.1) is 11.3 Å². The van der Waals surface area contributed by atoms with E-state index in [2.05, 4.69) is 10.7 Å². The highest BCUT2D eigenvalue weighted by atomic mass is 16.5. The number of nitrogens with zero attached hydrogens (tertiary/aromatic N) is 3. The first-order chi connectivity index (χ1) is 18.9. The largest absolute Gasteiger partial charge is 0.451 e. The minimum atomic E-state index is -1.08. The molecule has 5 bridgehead atoms. The second kappa shape index (κ2) is 11.8. The maximum Gasteiger partial charge on any atom is 0.316 e. The maximum absolute atomic E-state index is 13.3. The zero-order valence-electron chi connectivity index (χ0n) is 24.1. The summed E-state index contributed by atoms with van der Waals surface area (Å²) < 4.78 is 5.70. The van der Waals surface area contributed by atoms with Gasteiger partial charge in [0.15, 0.2) is 6.10 Å². The lowest BCUT2D eigenvalue weighted by Crippen LogP contribution is -2.61. The third-order valence-electron chi connectivity index (χ3n) is 7.35. The van der Waals surface area contributed by atoms with Gasteiger partial charge in [-0.1, -0.05) is 44.2 Å². The zero-order valence-corrected chi connectivity index (χ0v) is 24.1. The fourth-order valence-electron chi connectivity index (χ4n) is 4.80. The normalized spacial score (nSPS) is 25.6. The van der Waals surface area contributed by atoms with Crippen LogP contribution in [-0.2, 0) is 30.5 Å². The van der Waals surface area contributed by atoms with Crippen molar-refractivity contribution >= 4 is 40.7 Å². The second-order valence-electron chi connectivity index (χ2n) is 11.6. The Morgan fingerprint density at radius 1 is 1.07 bits per heavy atom. The average Bonchev–Trinajstić information content (AvgIpc) is 2.92. The Kier molecular flexibility index (Phi) is 8.58. The number of cyclic esters (lactones) is 1. The van der Waals surface area contributed by atoms with E-state index in [1.807, 2.05) is 36.4 Å². The highest BCUT2D eigenvalue weighted by Crippen LogP contribution is 2.25. The van der Waals surface area contributed by atoms with E-state index in [1.54, 1.807) is 52.6 Å². The lowest BCUT2D eigenvalue weighted by atomic mass is 9.92. The number of ether oxygens (including phenoxy) is 1. The van der Waals surface area contributed by atoms with Gasteiger partial charge in [0.1, 0.15) is 12.1 Å². The summed E-state index contributed by atoms with van der Waals surface area (Å²) in [6, 6.07) is 8.22. The summed E-state index contributed by atoms with van der Waals surface area (Å²) in [4.78, 5) is 59.2. The van der Waals surface area contributed by atoms with Crippen LogP contribution in [0.1, 0.15) is 58.7 Å². The Balaban J connectivity index is 1.70. The van der Waals surface area contributed by atoms with Crippen molar-refractivity contribution < 1.29 is 23.9 Å². The number of amides is 3. The Labute approximate surface area is 235 Å². The first-order valence-electron chi connectivity index (χ1n) is 13.8. The van der Waals surface area contributed by atoms with Crippen LogP contribution in [0.15, 0.2) is 36.4 Å². The molecule has 2 aromatic rings. The highest BCUT2D eigenvalue weighted by molar-refractivity contribution is 5.91. The number of esters is 1. The molecule has 3 atom stereocenters. The van der Waals surface area contributed by atoms with Gasteiger partial charge >= 0.3 is 5.97 Å². The van der Waals surface area contributed by atoms with Gasteiger partial charge in [0.2, 0.25) is 5.91 Å². The minimum absolute atomic E-state index is 0.146. The third kappa shape index (κ3) is 6.50. The first-order valence-corrected chi connectivity index (χ1v) is 13.8. The van der Waals surface area contributed by atoms with Gasteiger partial charge in [-0.15, -0.1) is 0 Å². The monoisotopic (exact) mass is 549 g/mol. The van der Waals surface area contributed by atoms with E-state index in [0.29, 0.717) is 25.9 Å². The van der Waals surface area contributed by atoms with E-state index in [9.17, 15) is 19.2 Å². The molecule has 10 nitrogen and oxygen atoms in total. The van der Waals surface area contributed by atoms with Crippen molar-refractivity contribution in [1.82, 2.24) is 25.6 Å². The minimum Gasteiger partial charge on any atom is -0.451 e. The van der Waals surface area contributed by atoms with Crippen LogP contribution in [0.2, 0.25) is 0 Å². The van der Waals surface area contributed by atoms with Crippen LogP contribution in [0.3, 0.4) is 0 Å². The number of nitrogens with one attached hydrogen (secondary N) is 2. The molecule has 214 valence electrons. The summed E-state index contributed by atoms with van der Waals surface area (Å²) in [5, 5.41) is 5.05. The standard InChI is InChI=1S/C30H39N5O5/c1-18(2)25-26(36)31-19(3)27(37)35-15-7-8-23(33-35)28(38)34(6)17-22-12-11-21-10-9-20(16-24(21)32-22)13-14-30(4,5)29(39)40-25/h9-14,16,18-19,23,25,33H,7-8,15,17H2,1-6H3,(H,31,36)/b14-13+/t19-,23-,25-/m0/s1. The van der Waals surface area contributed by atoms with Crippen molar-refractivity contribution in [2.45, 2.75) is 72.2 Å². The zero-order chi connectivity index (χ0) is 29.2. The van der Waals surface area contributed by atoms with E-state index in [0.717, 1.165) is 22.2 Å². The molecule has 0 radical (unpaired) electrons. The van der Waals surface area contributed by atoms with Crippen LogP contribution in [0.25, 0.3) is 17.0 Å². The summed E-state index contributed by atoms with van der Waals surface area (Å²) in [5.41, 5.74) is 4.39. The van der Waals surface area contributed by atoms with Crippen LogP contribution in [0.5, 0.6) is 0 Å².